The molecule has 4 rings (SSSR count). The number of hydrogen-bond acceptors (Lipinski definition) is 4. The van der Waals surface area contributed by atoms with Gasteiger partial charge in [-0.1, -0.05) is 87.4 Å². The van der Waals surface area contributed by atoms with Gasteiger partial charge in [0.15, 0.2) is 11.6 Å². The Morgan fingerprint density at radius 2 is 1.05 bits per heavy atom. The number of carbonyl (C=O) groups is 2. The normalized spacial score (nSPS) is 12.6. The first-order valence-corrected chi connectivity index (χ1v) is 13.3. The highest BCUT2D eigenvalue weighted by Gasteiger charge is 2.24. The molecule has 0 saturated heterocycles. The number of nitrogens with zero attached hydrogens (tertiary/aromatic N) is 2. The molecule has 8 heteroatoms. The Morgan fingerprint density at radius 1 is 0.684 bits per heavy atom. The molecule has 2 amide bonds. The van der Waals surface area contributed by atoms with E-state index in [1.165, 1.54) is 0 Å². The summed E-state index contributed by atoms with van der Waals surface area (Å²) in [6.07, 6.45) is 3.03. The van der Waals surface area contributed by atoms with Crippen LogP contribution in [0.5, 0.6) is 0 Å². The Balaban J connectivity index is 1.59. The zero-order chi connectivity index (χ0) is 27.1. The number of H-pyrrole nitrogens is 2. The fourth-order valence-electron chi connectivity index (χ4n) is 4.46. The number of carbonyl (C=O) groups excluding carboxylic acids is 2. The average Bonchev–Trinajstić information content (AvgIpc) is 3.55. The number of benzene rings is 2. The van der Waals surface area contributed by atoms with E-state index in [2.05, 4.69) is 44.4 Å². The zero-order valence-electron chi connectivity index (χ0n) is 22.5. The quantitative estimate of drug-likeness (QED) is 0.207. The van der Waals surface area contributed by atoms with Crippen molar-refractivity contribution in [2.45, 2.75) is 65.5 Å². The highest BCUT2D eigenvalue weighted by molar-refractivity contribution is 5.95. The minimum absolute atomic E-state index is 0.167. The van der Waals surface area contributed by atoms with Crippen molar-refractivity contribution >= 4 is 11.8 Å². The molecule has 38 heavy (non-hydrogen) atoms. The van der Waals surface area contributed by atoms with Gasteiger partial charge in [0.05, 0.1) is 12.1 Å². The molecule has 0 unspecified atom stereocenters. The van der Waals surface area contributed by atoms with Crippen molar-refractivity contribution < 1.29 is 9.59 Å². The van der Waals surface area contributed by atoms with E-state index in [9.17, 15) is 9.59 Å². The molecule has 2 aromatic carbocycles. The van der Waals surface area contributed by atoms with E-state index >= 15 is 0 Å². The van der Waals surface area contributed by atoms with Gasteiger partial charge >= 0.3 is 0 Å². The third kappa shape index (κ3) is 6.19. The summed E-state index contributed by atoms with van der Waals surface area (Å²) in [6, 6.07) is 19.3. The van der Waals surface area contributed by atoms with Crippen LogP contribution in [-0.4, -0.2) is 31.8 Å². The van der Waals surface area contributed by atoms with Gasteiger partial charge in [0.25, 0.3) is 11.8 Å². The number of amides is 2. The second kappa shape index (κ2) is 12.4. The van der Waals surface area contributed by atoms with Crippen molar-refractivity contribution in [1.82, 2.24) is 30.6 Å². The van der Waals surface area contributed by atoms with Gasteiger partial charge in [-0.25, -0.2) is 9.97 Å². The van der Waals surface area contributed by atoms with Gasteiger partial charge in [-0.15, -0.1) is 0 Å². The van der Waals surface area contributed by atoms with Crippen LogP contribution in [0.1, 0.15) is 96.1 Å². The number of hydrogen-bond donors (Lipinski definition) is 4. The maximum atomic E-state index is 13.2. The molecule has 0 spiro atoms. The maximum Gasteiger partial charge on any atom is 0.272 e. The number of rotatable bonds is 11. The van der Waals surface area contributed by atoms with Crippen molar-refractivity contribution in [2.24, 2.45) is 0 Å². The van der Waals surface area contributed by atoms with Crippen molar-refractivity contribution in [3.8, 4) is 11.6 Å². The molecular formula is C30H36N6O2. The van der Waals surface area contributed by atoms with Crippen molar-refractivity contribution in [2.75, 3.05) is 0 Å². The first-order chi connectivity index (χ1) is 18.4. The lowest BCUT2D eigenvalue weighted by atomic mass is 10.1. The fourth-order valence-corrected chi connectivity index (χ4v) is 4.46. The van der Waals surface area contributed by atoms with Gasteiger partial charge < -0.3 is 20.6 Å². The first-order valence-electron chi connectivity index (χ1n) is 13.3. The third-order valence-corrected chi connectivity index (χ3v) is 6.51. The number of aryl methyl sites for hydroxylation is 2. The predicted octanol–water partition coefficient (Wildman–Crippen LogP) is 5.69. The van der Waals surface area contributed by atoms with Crippen LogP contribution in [0.3, 0.4) is 0 Å². The largest absolute Gasteiger partial charge is 0.344 e. The monoisotopic (exact) mass is 512 g/mol. The molecule has 0 fully saturated rings. The second-order valence-corrected chi connectivity index (χ2v) is 9.54. The van der Waals surface area contributed by atoms with E-state index in [0.29, 0.717) is 35.9 Å². The second-order valence-electron chi connectivity index (χ2n) is 9.54. The molecule has 2 heterocycles. The molecule has 198 valence electrons. The van der Waals surface area contributed by atoms with Gasteiger partial charge in [0.1, 0.15) is 11.4 Å². The smallest absolute Gasteiger partial charge is 0.272 e. The van der Waals surface area contributed by atoms with Crippen LogP contribution in [0, 0.1) is 0 Å². The van der Waals surface area contributed by atoms with Gasteiger partial charge in [0.2, 0.25) is 0 Å². The van der Waals surface area contributed by atoms with Gasteiger partial charge in [-0.3, -0.25) is 9.59 Å². The predicted molar refractivity (Wildman–Crippen MR) is 149 cm³/mol. The van der Waals surface area contributed by atoms with E-state index in [1.54, 1.807) is 0 Å². The molecule has 0 bridgehead atoms. The Morgan fingerprint density at radius 3 is 1.39 bits per heavy atom. The molecule has 4 aromatic rings. The van der Waals surface area contributed by atoms with Crippen LogP contribution in [-0.2, 0) is 12.8 Å². The molecule has 0 radical (unpaired) electrons. The van der Waals surface area contributed by atoms with Crippen LogP contribution in [0.2, 0.25) is 0 Å². The van der Waals surface area contributed by atoms with E-state index in [1.807, 2.05) is 74.5 Å². The summed E-state index contributed by atoms with van der Waals surface area (Å²) in [5, 5.41) is 6.10. The molecule has 0 aliphatic carbocycles. The van der Waals surface area contributed by atoms with Gasteiger partial charge in [0, 0.05) is 11.4 Å². The molecule has 2 atom stereocenters. The Bertz CT molecular complexity index is 1250. The summed E-state index contributed by atoms with van der Waals surface area (Å²) >= 11 is 0. The number of nitrogens with one attached hydrogen (secondary N) is 4. The highest BCUT2D eigenvalue weighted by atomic mass is 16.2. The number of aromatic nitrogens is 4. The van der Waals surface area contributed by atoms with E-state index in [4.69, 9.17) is 0 Å². The summed E-state index contributed by atoms with van der Waals surface area (Å²) < 4.78 is 0. The molecule has 4 N–H and O–H groups in total. The summed E-state index contributed by atoms with van der Waals surface area (Å²) in [4.78, 5) is 42.3. The number of imidazole rings is 2. The van der Waals surface area contributed by atoms with E-state index in [-0.39, 0.29) is 23.9 Å². The summed E-state index contributed by atoms with van der Waals surface area (Å²) in [6.45, 7) is 8.01. The molecule has 8 nitrogen and oxygen atoms in total. The molecule has 2 aromatic heterocycles. The lowest BCUT2D eigenvalue weighted by Gasteiger charge is -2.13. The molecule has 0 aliphatic heterocycles. The fraction of sp³-hybridized carbons (Fsp3) is 0.333. The van der Waals surface area contributed by atoms with Crippen molar-refractivity contribution in [3.63, 3.8) is 0 Å². The van der Waals surface area contributed by atoms with Gasteiger partial charge in [-0.2, -0.15) is 0 Å². The minimum Gasteiger partial charge on any atom is -0.344 e. The zero-order valence-corrected chi connectivity index (χ0v) is 22.5. The highest BCUT2D eigenvalue weighted by Crippen LogP contribution is 2.22. The van der Waals surface area contributed by atoms with Crippen molar-refractivity contribution in [3.05, 3.63) is 94.6 Å². The van der Waals surface area contributed by atoms with Crippen LogP contribution >= 0.6 is 0 Å². The first kappa shape index (κ1) is 26.9. The van der Waals surface area contributed by atoms with Crippen LogP contribution in [0.25, 0.3) is 11.6 Å². The standard InChI is InChI=1S/C30H36N6O2/c1-5-13-23-25(29(37)31-19(3)21-15-9-7-10-16-21)35-27(33-23)28-34-24(14-6-2)26(36-28)30(38)32-20(4)22-17-11-8-12-18-22/h7-12,15-20H,5-6,13-14H2,1-4H3,(H,31,37)(H,32,38)(H,33,35)(H,34,36)/t19-,20-/m0/s1. The van der Waals surface area contributed by atoms with Crippen LogP contribution in [0.15, 0.2) is 60.7 Å². The summed E-state index contributed by atoms with van der Waals surface area (Å²) in [5.41, 5.74) is 4.23. The van der Waals surface area contributed by atoms with Crippen molar-refractivity contribution in [1.29, 1.82) is 0 Å². The summed E-state index contributed by atoms with van der Waals surface area (Å²) in [5.74, 6) is 0.390. The average molecular weight is 513 g/mol. The van der Waals surface area contributed by atoms with E-state index < -0.39 is 0 Å². The lowest BCUT2D eigenvalue weighted by Crippen LogP contribution is -2.28. The maximum absolute atomic E-state index is 13.2. The summed E-state index contributed by atoms with van der Waals surface area (Å²) in [7, 11) is 0. The molecule has 0 saturated carbocycles. The lowest BCUT2D eigenvalue weighted by molar-refractivity contribution is 0.0925. The Kier molecular flexibility index (Phi) is 8.73. The minimum atomic E-state index is -0.248. The SMILES string of the molecule is CCCc1[nH]c(-c2nc(C(=O)N[C@@H](C)c3ccccc3)c(CCC)[nH]2)nc1C(=O)N[C@@H](C)c1ccccc1. The van der Waals surface area contributed by atoms with Crippen LogP contribution in [0.4, 0.5) is 0 Å². The number of aromatic amines is 2. The topological polar surface area (TPSA) is 116 Å². The van der Waals surface area contributed by atoms with E-state index in [0.717, 1.165) is 35.4 Å². The molecular weight excluding hydrogens is 476 g/mol. The Labute approximate surface area is 223 Å². The van der Waals surface area contributed by atoms with Crippen LogP contribution < -0.4 is 10.6 Å². The third-order valence-electron chi connectivity index (χ3n) is 6.51. The molecule has 0 aliphatic rings. The van der Waals surface area contributed by atoms with Gasteiger partial charge in [-0.05, 0) is 37.8 Å². The Hall–Kier alpha value is -4.20.